The standard InChI is InChI=1S/C30H24ClN9O3/c1-43-30(42)35-23-7-4-20(5-8-23)25-17-33-29(36-25)27(13-19-3-2-11-32-16-19)39-12-10-21(14-28(39)41)24-15-22(31)6-9-26(24)40-18-34-37-38-40/h2-12,14-18,27H,13H2,1H3,(H,33,36)(H,35,42). The molecule has 1 unspecified atom stereocenters. The second-order valence-electron chi connectivity index (χ2n) is 9.53. The van der Waals surface area contributed by atoms with Crippen LogP contribution in [-0.4, -0.2) is 52.9 Å². The molecule has 0 saturated carbocycles. The van der Waals surface area contributed by atoms with Crippen LogP contribution in [0.2, 0.25) is 5.02 Å². The number of nitrogens with one attached hydrogen (secondary N) is 2. The number of pyridine rings is 2. The number of aromatic nitrogens is 8. The van der Waals surface area contributed by atoms with Crippen molar-refractivity contribution in [3.8, 4) is 28.1 Å². The van der Waals surface area contributed by atoms with E-state index in [2.05, 4.69) is 40.5 Å². The molecule has 12 nitrogen and oxygen atoms in total. The van der Waals surface area contributed by atoms with E-state index in [-0.39, 0.29) is 5.56 Å². The minimum absolute atomic E-state index is 0.231. The van der Waals surface area contributed by atoms with Gasteiger partial charge in [-0.05, 0) is 69.6 Å². The van der Waals surface area contributed by atoms with Gasteiger partial charge in [0.15, 0.2) is 0 Å². The maximum absolute atomic E-state index is 13.7. The van der Waals surface area contributed by atoms with E-state index in [1.807, 2.05) is 30.3 Å². The Labute approximate surface area is 250 Å². The molecule has 214 valence electrons. The minimum Gasteiger partial charge on any atom is -0.453 e. The molecule has 6 aromatic rings. The van der Waals surface area contributed by atoms with Gasteiger partial charge in [-0.1, -0.05) is 29.8 Å². The normalized spacial score (nSPS) is 11.7. The summed E-state index contributed by atoms with van der Waals surface area (Å²) >= 11 is 6.32. The number of H-pyrrole nitrogens is 1. The van der Waals surface area contributed by atoms with Gasteiger partial charge < -0.3 is 14.3 Å². The first-order valence-electron chi connectivity index (χ1n) is 13.1. The summed E-state index contributed by atoms with van der Waals surface area (Å²) in [5.41, 5.74) is 4.97. The largest absolute Gasteiger partial charge is 0.453 e. The molecular weight excluding hydrogens is 570 g/mol. The van der Waals surface area contributed by atoms with E-state index in [1.54, 1.807) is 65.8 Å². The zero-order valence-corrected chi connectivity index (χ0v) is 23.5. The van der Waals surface area contributed by atoms with Crippen LogP contribution in [0.25, 0.3) is 28.1 Å². The second kappa shape index (κ2) is 12.1. The summed E-state index contributed by atoms with van der Waals surface area (Å²) in [4.78, 5) is 37.5. The van der Waals surface area contributed by atoms with Gasteiger partial charge in [-0.15, -0.1) is 5.10 Å². The van der Waals surface area contributed by atoms with Gasteiger partial charge in [0.25, 0.3) is 5.56 Å². The van der Waals surface area contributed by atoms with Crippen LogP contribution in [0.1, 0.15) is 17.4 Å². The molecule has 2 aromatic carbocycles. The number of carbonyl (C=O) groups excluding carboxylic acids is 1. The van der Waals surface area contributed by atoms with E-state index in [1.165, 1.54) is 18.1 Å². The number of amides is 1. The number of rotatable bonds is 8. The lowest BCUT2D eigenvalue weighted by Gasteiger charge is -2.19. The number of aromatic amines is 1. The fourth-order valence-electron chi connectivity index (χ4n) is 4.75. The van der Waals surface area contributed by atoms with Crippen molar-refractivity contribution in [2.45, 2.75) is 12.5 Å². The van der Waals surface area contributed by atoms with Crippen LogP contribution in [0.5, 0.6) is 0 Å². The summed E-state index contributed by atoms with van der Waals surface area (Å²) in [7, 11) is 1.31. The predicted molar refractivity (Wildman–Crippen MR) is 160 cm³/mol. The van der Waals surface area contributed by atoms with Crippen molar-refractivity contribution in [2.24, 2.45) is 0 Å². The first kappa shape index (κ1) is 27.5. The molecule has 0 bridgehead atoms. The summed E-state index contributed by atoms with van der Waals surface area (Å²) in [5.74, 6) is 0.600. The molecule has 13 heteroatoms. The van der Waals surface area contributed by atoms with E-state index in [0.29, 0.717) is 39.8 Å². The Hall–Kier alpha value is -5.62. The van der Waals surface area contributed by atoms with Crippen molar-refractivity contribution < 1.29 is 9.53 Å². The van der Waals surface area contributed by atoms with E-state index >= 15 is 0 Å². The summed E-state index contributed by atoms with van der Waals surface area (Å²) in [6.45, 7) is 0. The van der Waals surface area contributed by atoms with Crippen LogP contribution in [0.4, 0.5) is 10.5 Å². The van der Waals surface area contributed by atoms with E-state index in [4.69, 9.17) is 11.6 Å². The number of tetrazole rings is 1. The lowest BCUT2D eigenvalue weighted by atomic mass is 10.0. The monoisotopic (exact) mass is 593 g/mol. The number of carbonyl (C=O) groups is 1. The third-order valence-corrected chi connectivity index (χ3v) is 7.08. The average molecular weight is 594 g/mol. The van der Waals surface area contributed by atoms with Crippen LogP contribution in [0.3, 0.4) is 0 Å². The Morgan fingerprint density at radius 2 is 1.93 bits per heavy atom. The summed E-state index contributed by atoms with van der Waals surface area (Å²) in [6.07, 6.45) is 8.35. The van der Waals surface area contributed by atoms with Gasteiger partial charge in [-0.2, -0.15) is 4.68 Å². The average Bonchev–Trinajstić information content (AvgIpc) is 3.74. The van der Waals surface area contributed by atoms with E-state index < -0.39 is 12.1 Å². The number of nitrogens with zero attached hydrogens (tertiary/aromatic N) is 7. The van der Waals surface area contributed by atoms with Crippen LogP contribution in [-0.2, 0) is 11.2 Å². The van der Waals surface area contributed by atoms with Gasteiger partial charge in [-0.3, -0.25) is 15.1 Å². The molecule has 1 atom stereocenters. The van der Waals surface area contributed by atoms with Crippen molar-refractivity contribution in [3.63, 3.8) is 0 Å². The molecule has 0 fully saturated rings. The Morgan fingerprint density at radius 3 is 2.65 bits per heavy atom. The number of anilines is 1. The van der Waals surface area contributed by atoms with Crippen molar-refractivity contribution in [3.05, 3.63) is 125 Å². The molecule has 0 aliphatic heterocycles. The number of benzene rings is 2. The first-order chi connectivity index (χ1) is 21.0. The number of hydrogen-bond acceptors (Lipinski definition) is 8. The summed E-state index contributed by atoms with van der Waals surface area (Å²) in [6, 6.07) is 19.3. The maximum atomic E-state index is 13.7. The molecule has 4 aromatic heterocycles. The smallest absolute Gasteiger partial charge is 0.411 e. The van der Waals surface area contributed by atoms with Gasteiger partial charge >= 0.3 is 6.09 Å². The lowest BCUT2D eigenvalue weighted by Crippen LogP contribution is -2.27. The molecule has 1 amide bonds. The zero-order chi connectivity index (χ0) is 29.8. The SMILES string of the molecule is COC(=O)Nc1ccc(-c2cnc(C(Cc3cccnc3)n3ccc(-c4cc(Cl)ccc4-n4cnnn4)cc3=O)[nH]2)cc1. The van der Waals surface area contributed by atoms with Crippen LogP contribution >= 0.6 is 11.6 Å². The fourth-order valence-corrected chi connectivity index (χ4v) is 4.92. The van der Waals surface area contributed by atoms with Crippen LogP contribution in [0.15, 0.2) is 103 Å². The summed E-state index contributed by atoms with van der Waals surface area (Å²) < 4.78 is 7.81. The molecule has 0 spiro atoms. The van der Waals surface area contributed by atoms with Gasteiger partial charge in [0, 0.05) is 47.4 Å². The molecule has 43 heavy (non-hydrogen) atoms. The highest BCUT2D eigenvalue weighted by molar-refractivity contribution is 6.31. The highest BCUT2D eigenvalue weighted by Gasteiger charge is 2.21. The van der Waals surface area contributed by atoms with Crippen molar-refractivity contribution in [2.75, 3.05) is 12.4 Å². The Morgan fingerprint density at radius 1 is 1.07 bits per heavy atom. The van der Waals surface area contributed by atoms with Gasteiger partial charge in [0.2, 0.25) is 0 Å². The highest BCUT2D eigenvalue weighted by Crippen LogP contribution is 2.30. The number of hydrogen-bond donors (Lipinski definition) is 2. The predicted octanol–water partition coefficient (Wildman–Crippen LogP) is 4.94. The molecule has 0 aliphatic rings. The lowest BCUT2D eigenvalue weighted by molar-refractivity contribution is 0.187. The van der Waals surface area contributed by atoms with Crippen molar-refractivity contribution in [1.82, 2.24) is 39.7 Å². The zero-order valence-electron chi connectivity index (χ0n) is 22.8. The molecule has 0 radical (unpaired) electrons. The highest BCUT2D eigenvalue weighted by atomic mass is 35.5. The molecule has 2 N–H and O–H groups in total. The number of halogens is 1. The van der Waals surface area contributed by atoms with Crippen LogP contribution < -0.4 is 10.9 Å². The van der Waals surface area contributed by atoms with Crippen molar-refractivity contribution >= 4 is 23.4 Å². The Kier molecular flexibility index (Phi) is 7.74. The number of methoxy groups -OCH3 is 1. The second-order valence-corrected chi connectivity index (χ2v) is 9.97. The van der Waals surface area contributed by atoms with Gasteiger partial charge in [0.1, 0.15) is 12.2 Å². The summed E-state index contributed by atoms with van der Waals surface area (Å²) in [5, 5.41) is 14.6. The number of imidazole rings is 1. The third-order valence-electron chi connectivity index (χ3n) is 6.84. The molecule has 4 heterocycles. The van der Waals surface area contributed by atoms with E-state index in [0.717, 1.165) is 16.8 Å². The van der Waals surface area contributed by atoms with Crippen LogP contribution in [0, 0.1) is 0 Å². The minimum atomic E-state index is -0.548. The molecular formula is C30H24ClN9O3. The fraction of sp³-hybridized carbons (Fsp3) is 0.100. The third kappa shape index (κ3) is 6.04. The Balaban J connectivity index is 1.36. The quantitative estimate of drug-likeness (QED) is 0.252. The maximum Gasteiger partial charge on any atom is 0.411 e. The Bertz CT molecular complexity index is 1920. The van der Waals surface area contributed by atoms with E-state index in [9.17, 15) is 9.59 Å². The topological polar surface area (TPSA) is 146 Å². The first-order valence-corrected chi connectivity index (χ1v) is 13.5. The van der Waals surface area contributed by atoms with Gasteiger partial charge in [-0.25, -0.2) is 9.78 Å². The molecule has 0 saturated heterocycles. The molecule has 6 rings (SSSR count). The van der Waals surface area contributed by atoms with Crippen molar-refractivity contribution in [1.29, 1.82) is 0 Å². The number of ether oxygens (including phenoxy) is 1. The molecule has 0 aliphatic carbocycles. The van der Waals surface area contributed by atoms with Gasteiger partial charge in [0.05, 0.1) is 30.7 Å².